The lowest BCUT2D eigenvalue weighted by Crippen LogP contribution is -2.42. The lowest BCUT2D eigenvalue weighted by Gasteiger charge is -2.14. The molecule has 1 unspecified atom stereocenters. The highest BCUT2D eigenvalue weighted by atomic mass is 79.9. The Labute approximate surface area is 120 Å². The maximum Gasteiger partial charge on any atom is 0.326 e. The zero-order valence-corrected chi connectivity index (χ0v) is 12.2. The van der Waals surface area contributed by atoms with Gasteiger partial charge in [-0.2, -0.15) is 0 Å². The molecule has 0 aliphatic rings. The van der Waals surface area contributed by atoms with E-state index in [-0.39, 0.29) is 0 Å². The fraction of sp³-hybridized carbons (Fsp3) is 0.385. The SMILES string of the molecule is CCCCC(NC(=O)Nc1cccc(Br)c1)C(=O)O. The van der Waals surface area contributed by atoms with Crippen LogP contribution in [0.5, 0.6) is 0 Å². The number of aliphatic carboxylic acids is 1. The van der Waals surface area contributed by atoms with Crippen molar-refractivity contribution in [2.45, 2.75) is 32.2 Å². The van der Waals surface area contributed by atoms with E-state index in [2.05, 4.69) is 26.6 Å². The van der Waals surface area contributed by atoms with E-state index in [1.54, 1.807) is 18.2 Å². The minimum absolute atomic E-state index is 0.428. The lowest BCUT2D eigenvalue weighted by atomic mass is 10.1. The number of anilines is 1. The third-order valence-corrected chi connectivity index (χ3v) is 3.03. The average molecular weight is 329 g/mol. The van der Waals surface area contributed by atoms with Gasteiger partial charge in [-0.1, -0.05) is 41.8 Å². The fourth-order valence-corrected chi connectivity index (χ4v) is 1.96. The van der Waals surface area contributed by atoms with Gasteiger partial charge in [0.1, 0.15) is 6.04 Å². The molecule has 19 heavy (non-hydrogen) atoms. The molecule has 0 bridgehead atoms. The summed E-state index contributed by atoms with van der Waals surface area (Å²) in [5.41, 5.74) is 0.603. The molecule has 1 aromatic rings. The summed E-state index contributed by atoms with van der Waals surface area (Å²) in [4.78, 5) is 22.7. The minimum atomic E-state index is -1.02. The van der Waals surface area contributed by atoms with Crippen LogP contribution in [0.3, 0.4) is 0 Å². The monoisotopic (exact) mass is 328 g/mol. The predicted octanol–water partition coefficient (Wildman–Crippen LogP) is 3.21. The molecule has 0 aromatic heterocycles. The first-order valence-corrected chi connectivity index (χ1v) is 6.88. The van der Waals surface area contributed by atoms with Crippen LogP contribution >= 0.6 is 15.9 Å². The Kier molecular flexibility index (Phi) is 6.35. The van der Waals surface area contributed by atoms with Gasteiger partial charge in [-0.15, -0.1) is 0 Å². The average Bonchev–Trinajstić information content (AvgIpc) is 2.34. The number of carbonyl (C=O) groups is 2. The topological polar surface area (TPSA) is 78.4 Å². The van der Waals surface area contributed by atoms with Gasteiger partial charge in [0, 0.05) is 10.2 Å². The van der Waals surface area contributed by atoms with Crippen LogP contribution in [0.1, 0.15) is 26.2 Å². The van der Waals surface area contributed by atoms with Gasteiger partial charge in [-0.05, 0) is 24.6 Å². The van der Waals surface area contributed by atoms with Gasteiger partial charge in [0.2, 0.25) is 0 Å². The summed E-state index contributed by atoms with van der Waals surface area (Å²) in [6, 6.07) is 5.72. The summed E-state index contributed by atoms with van der Waals surface area (Å²) in [5, 5.41) is 14.1. The van der Waals surface area contributed by atoms with Gasteiger partial charge in [0.05, 0.1) is 0 Å². The van der Waals surface area contributed by atoms with Crippen LogP contribution in [-0.4, -0.2) is 23.1 Å². The largest absolute Gasteiger partial charge is 0.480 e. The quantitative estimate of drug-likeness (QED) is 0.750. The number of amides is 2. The van der Waals surface area contributed by atoms with Crippen molar-refractivity contribution >= 4 is 33.6 Å². The van der Waals surface area contributed by atoms with Crippen molar-refractivity contribution in [2.24, 2.45) is 0 Å². The highest BCUT2D eigenvalue weighted by molar-refractivity contribution is 9.10. The molecule has 2 amide bonds. The summed E-state index contributed by atoms with van der Waals surface area (Å²) in [6.07, 6.45) is 2.07. The smallest absolute Gasteiger partial charge is 0.326 e. The summed E-state index contributed by atoms with van der Waals surface area (Å²) in [7, 11) is 0. The molecular weight excluding hydrogens is 312 g/mol. The molecule has 0 saturated carbocycles. The zero-order chi connectivity index (χ0) is 14.3. The first-order valence-electron chi connectivity index (χ1n) is 6.08. The number of rotatable bonds is 6. The first-order chi connectivity index (χ1) is 9.02. The Balaban J connectivity index is 2.55. The van der Waals surface area contributed by atoms with E-state index >= 15 is 0 Å². The fourth-order valence-electron chi connectivity index (χ4n) is 1.56. The van der Waals surface area contributed by atoms with Gasteiger partial charge < -0.3 is 15.7 Å². The molecule has 1 atom stereocenters. The maximum absolute atomic E-state index is 11.7. The Morgan fingerprint density at radius 1 is 1.42 bits per heavy atom. The van der Waals surface area contributed by atoms with Crippen molar-refractivity contribution in [3.63, 3.8) is 0 Å². The van der Waals surface area contributed by atoms with Crippen molar-refractivity contribution in [1.82, 2.24) is 5.32 Å². The molecule has 104 valence electrons. The number of hydrogen-bond donors (Lipinski definition) is 3. The molecule has 0 aliphatic heterocycles. The summed E-state index contributed by atoms with van der Waals surface area (Å²) >= 11 is 3.29. The summed E-state index contributed by atoms with van der Waals surface area (Å²) < 4.78 is 0.839. The van der Waals surface area contributed by atoms with E-state index in [1.807, 2.05) is 13.0 Å². The second-order valence-electron chi connectivity index (χ2n) is 4.14. The summed E-state index contributed by atoms with van der Waals surface area (Å²) in [5.74, 6) is -1.02. The van der Waals surface area contributed by atoms with Crippen LogP contribution in [0.4, 0.5) is 10.5 Å². The van der Waals surface area contributed by atoms with Crippen LogP contribution in [0, 0.1) is 0 Å². The molecule has 1 rings (SSSR count). The van der Waals surface area contributed by atoms with Crippen molar-refractivity contribution in [3.05, 3.63) is 28.7 Å². The molecule has 0 saturated heterocycles. The molecule has 0 heterocycles. The Morgan fingerprint density at radius 3 is 2.74 bits per heavy atom. The van der Waals surface area contributed by atoms with Crippen LogP contribution in [0.25, 0.3) is 0 Å². The molecule has 0 spiro atoms. The number of benzene rings is 1. The molecule has 1 aromatic carbocycles. The van der Waals surface area contributed by atoms with E-state index in [0.29, 0.717) is 12.1 Å². The van der Waals surface area contributed by atoms with Crippen LogP contribution in [-0.2, 0) is 4.79 Å². The van der Waals surface area contributed by atoms with Crippen LogP contribution in [0.2, 0.25) is 0 Å². The molecular formula is C13H17BrN2O3. The number of urea groups is 1. The van der Waals surface area contributed by atoms with Crippen molar-refractivity contribution in [1.29, 1.82) is 0 Å². The van der Waals surface area contributed by atoms with Gasteiger partial charge in [-0.25, -0.2) is 9.59 Å². The first kappa shape index (κ1) is 15.5. The normalized spacial score (nSPS) is 11.7. The number of carbonyl (C=O) groups excluding carboxylic acids is 1. The van der Waals surface area contributed by atoms with Crippen molar-refractivity contribution < 1.29 is 14.7 Å². The Bertz CT molecular complexity index is 451. The molecule has 6 heteroatoms. The van der Waals surface area contributed by atoms with E-state index in [1.165, 1.54) is 0 Å². The number of halogens is 1. The minimum Gasteiger partial charge on any atom is -0.480 e. The van der Waals surface area contributed by atoms with E-state index in [9.17, 15) is 9.59 Å². The van der Waals surface area contributed by atoms with Crippen molar-refractivity contribution in [3.8, 4) is 0 Å². The highest BCUT2D eigenvalue weighted by Gasteiger charge is 2.18. The molecule has 0 aliphatic carbocycles. The summed E-state index contributed by atoms with van der Waals surface area (Å²) in [6.45, 7) is 1.97. The third-order valence-electron chi connectivity index (χ3n) is 2.53. The van der Waals surface area contributed by atoms with E-state index in [4.69, 9.17) is 5.11 Å². The number of carboxylic acid groups (broad SMARTS) is 1. The maximum atomic E-state index is 11.7. The van der Waals surface area contributed by atoms with Gasteiger partial charge in [0.25, 0.3) is 0 Å². The molecule has 3 N–H and O–H groups in total. The Morgan fingerprint density at radius 2 is 2.16 bits per heavy atom. The molecule has 5 nitrogen and oxygen atoms in total. The number of carboxylic acids is 1. The van der Waals surface area contributed by atoms with E-state index < -0.39 is 18.0 Å². The molecule has 0 radical (unpaired) electrons. The third kappa shape index (κ3) is 5.74. The van der Waals surface area contributed by atoms with Gasteiger partial charge >= 0.3 is 12.0 Å². The second kappa shape index (κ2) is 7.78. The second-order valence-corrected chi connectivity index (χ2v) is 5.06. The van der Waals surface area contributed by atoms with Gasteiger partial charge in [-0.3, -0.25) is 0 Å². The van der Waals surface area contributed by atoms with Crippen LogP contribution in [0.15, 0.2) is 28.7 Å². The van der Waals surface area contributed by atoms with Gasteiger partial charge in [0.15, 0.2) is 0 Å². The van der Waals surface area contributed by atoms with E-state index in [0.717, 1.165) is 17.3 Å². The standard InChI is InChI=1S/C13H17BrN2O3/c1-2-3-7-11(12(17)18)16-13(19)15-10-6-4-5-9(14)8-10/h4-6,8,11H,2-3,7H2,1H3,(H,17,18)(H2,15,16,19). The number of unbranched alkanes of at least 4 members (excludes halogenated alkanes) is 1. The number of nitrogens with one attached hydrogen (secondary N) is 2. The number of hydrogen-bond acceptors (Lipinski definition) is 2. The lowest BCUT2D eigenvalue weighted by molar-refractivity contribution is -0.139. The van der Waals surface area contributed by atoms with Crippen molar-refractivity contribution in [2.75, 3.05) is 5.32 Å². The van der Waals surface area contributed by atoms with Crippen LogP contribution < -0.4 is 10.6 Å². The Hall–Kier alpha value is -1.56. The zero-order valence-electron chi connectivity index (χ0n) is 10.6. The molecule has 0 fully saturated rings. The highest BCUT2D eigenvalue weighted by Crippen LogP contribution is 2.15. The predicted molar refractivity (Wildman–Crippen MR) is 77.2 cm³/mol.